The van der Waals surface area contributed by atoms with E-state index in [2.05, 4.69) is 0 Å². The van der Waals surface area contributed by atoms with Gasteiger partial charge in [-0.2, -0.15) is 43.9 Å². The van der Waals surface area contributed by atoms with E-state index >= 15 is 0 Å². The fraction of sp³-hybridized carbons (Fsp3) is 1.00. The minimum Gasteiger partial charge on any atom is -0.229 e. The lowest BCUT2D eigenvalue weighted by Gasteiger charge is -2.19. The number of hydrogen-bond donors (Lipinski definition) is 0. The van der Waals surface area contributed by atoms with Crippen LogP contribution in [0.3, 0.4) is 0 Å². The van der Waals surface area contributed by atoms with Gasteiger partial charge in [0.05, 0.1) is 11.5 Å². The predicted octanol–water partition coefficient (Wildman–Crippen LogP) is 5.14. The van der Waals surface area contributed by atoms with E-state index < -0.39 is 84.1 Å². The van der Waals surface area contributed by atoms with E-state index in [0.29, 0.717) is 0 Å². The van der Waals surface area contributed by atoms with Crippen molar-refractivity contribution in [2.75, 3.05) is 11.5 Å². The topological polar surface area (TPSA) is 34.1 Å². The van der Waals surface area contributed by atoms with Gasteiger partial charge in [0.15, 0.2) is 0 Å². The van der Waals surface area contributed by atoms with Gasteiger partial charge in [0.1, 0.15) is 9.84 Å². The zero-order valence-corrected chi connectivity index (χ0v) is 13.5. The Morgan fingerprint density at radius 3 is 1.04 bits per heavy atom. The van der Waals surface area contributed by atoms with Crippen LogP contribution in [-0.2, 0) is 9.84 Å². The fourth-order valence-electron chi connectivity index (χ4n) is 1.72. The number of halogens is 10. The molecule has 0 saturated heterocycles. The molecule has 0 aromatic heterocycles. The van der Waals surface area contributed by atoms with Crippen molar-refractivity contribution >= 4 is 9.84 Å². The van der Waals surface area contributed by atoms with Crippen LogP contribution in [0.4, 0.5) is 43.9 Å². The Bertz CT molecular complexity index is 467. The second-order valence-electron chi connectivity index (χ2n) is 5.47. The average molecular weight is 414 g/mol. The van der Waals surface area contributed by atoms with Crippen LogP contribution in [0.5, 0.6) is 0 Å². The summed E-state index contributed by atoms with van der Waals surface area (Å²) >= 11 is 0. The quantitative estimate of drug-likeness (QED) is 0.367. The first kappa shape index (κ1) is 24.2. The highest BCUT2D eigenvalue weighted by atomic mass is 32.2. The van der Waals surface area contributed by atoms with Crippen molar-refractivity contribution in [2.45, 2.75) is 62.7 Å². The molecule has 0 aromatic carbocycles. The van der Waals surface area contributed by atoms with E-state index in [0.717, 1.165) is 0 Å². The molecule has 0 spiro atoms. The number of sulfone groups is 1. The minimum atomic E-state index is -5.74. The molecule has 0 amide bonds. The molecule has 0 fully saturated rings. The van der Waals surface area contributed by atoms with Crippen molar-refractivity contribution in [2.24, 2.45) is 0 Å². The first-order valence-corrected chi connectivity index (χ1v) is 8.83. The van der Waals surface area contributed by atoms with Gasteiger partial charge in [-0.25, -0.2) is 8.42 Å². The summed E-state index contributed by atoms with van der Waals surface area (Å²) in [5.74, 6) is -11.4. The SMILES string of the molecule is O=S(=O)(CCCCC(F)(F)C(F)(F)F)CCCCC(F)(F)C(F)(F)F. The third-order valence-electron chi connectivity index (χ3n) is 3.22. The molecule has 2 nitrogen and oxygen atoms in total. The minimum absolute atomic E-state index is 0.507. The molecule has 0 unspecified atom stereocenters. The molecule has 25 heavy (non-hydrogen) atoms. The lowest BCUT2D eigenvalue weighted by Crippen LogP contribution is -2.36. The van der Waals surface area contributed by atoms with Gasteiger partial charge in [0.25, 0.3) is 0 Å². The van der Waals surface area contributed by atoms with E-state index in [1.54, 1.807) is 0 Å². The van der Waals surface area contributed by atoms with Crippen molar-refractivity contribution < 1.29 is 52.3 Å². The zero-order valence-electron chi connectivity index (χ0n) is 12.7. The summed E-state index contributed by atoms with van der Waals surface area (Å²) in [7, 11) is -3.94. The van der Waals surface area contributed by atoms with E-state index in [4.69, 9.17) is 0 Å². The average Bonchev–Trinajstić information content (AvgIpc) is 2.37. The molecule has 152 valence electrons. The number of rotatable bonds is 10. The number of hydrogen-bond acceptors (Lipinski definition) is 2. The summed E-state index contributed by atoms with van der Waals surface area (Å²) in [6.45, 7) is 0. The van der Waals surface area contributed by atoms with Gasteiger partial charge >= 0.3 is 24.2 Å². The smallest absolute Gasteiger partial charge is 0.229 e. The second-order valence-corrected chi connectivity index (χ2v) is 7.77. The normalized spacial score (nSPS) is 14.8. The summed E-state index contributed by atoms with van der Waals surface area (Å²) in [6.07, 6.45) is -17.2. The van der Waals surface area contributed by atoms with Gasteiger partial charge in [-0.3, -0.25) is 0 Å². The van der Waals surface area contributed by atoms with Gasteiger partial charge in [0, 0.05) is 12.8 Å². The molecule has 13 heteroatoms. The van der Waals surface area contributed by atoms with Crippen LogP contribution >= 0.6 is 0 Å². The lowest BCUT2D eigenvalue weighted by molar-refractivity contribution is -0.284. The second kappa shape index (κ2) is 8.30. The third kappa shape index (κ3) is 8.45. The molecule has 0 rings (SSSR count). The molecule has 0 aliphatic carbocycles. The Morgan fingerprint density at radius 2 is 0.800 bits per heavy atom. The van der Waals surface area contributed by atoms with Gasteiger partial charge in [-0.1, -0.05) is 0 Å². The van der Waals surface area contributed by atoms with Crippen LogP contribution in [0.2, 0.25) is 0 Å². The van der Waals surface area contributed by atoms with E-state index in [-0.39, 0.29) is 0 Å². The molecular formula is C12H16F10O2S. The lowest BCUT2D eigenvalue weighted by atomic mass is 10.1. The molecular weight excluding hydrogens is 398 g/mol. The highest BCUT2D eigenvalue weighted by Gasteiger charge is 2.57. The highest BCUT2D eigenvalue weighted by Crippen LogP contribution is 2.40. The molecule has 0 aliphatic heterocycles. The summed E-state index contributed by atoms with van der Waals surface area (Å²) in [4.78, 5) is 0. The summed E-state index contributed by atoms with van der Waals surface area (Å²) < 4.78 is 144. The van der Waals surface area contributed by atoms with E-state index in [1.807, 2.05) is 0 Å². The standard InChI is InChI=1S/C12H16F10O2S/c13-9(14,11(17,18)19)5-1-3-7-25(23,24)8-4-2-6-10(15,16)12(20,21)22/h1-8H2. The van der Waals surface area contributed by atoms with Gasteiger partial charge in [0.2, 0.25) is 0 Å². The maximum atomic E-state index is 12.6. The van der Waals surface area contributed by atoms with Gasteiger partial charge in [-0.15, -0.1) is 0 Å². The zero-order chi connectivity index (χ0) is 20.2. The number of unbranched alkanes of at least 4 members (excludes halogenated alkanes) is 2. The van der Waals surface area contributed by atoms with Crippen LogP contribution in [0, 0.1) is 0 Å². The van der Waals surface area contributed by atoms with Crippen LogP contribution in [0.1, 0.15) is 38.5 Å². The van der Waals surface area contributed by atoms with Gasteiger partial charge < -0.3 is 0 Å². The van der Waals surface area contributed by atoms with Crippen molar-refractivity contribution in [3.8, 4) is 0 Å². The van der Waals surface area contributed by atoms with Crippen LogP contribution in [0.25, 0.3) is 0 Å². The Balaban J connectivity index is 4.16. The molecule has 0 atom stereocenters. The maximum Gasteiger partial charge on any atom is 0.453 e. The van der Waals surface area contributed by atoms with Crippen molar-refractivity contribution in [3.05, 3.63) is 0 Å². The Hall–Kier alpha value is -0.750. The monoisotopic (exact) mass is 414 g/mol. The van der Waals surface area contributed by atoms with Crippen LogP contribution in [-0.4, -0.2) is 44.1 Å². The Kier molecular flexibility index (Phi) is 8.05. The predicted molar refractivity (Wildman–Crippen MR) is 68.4 cm³/mol. The molecule has 0 saturated carbocycles. The van der Waals surface area contributed by atoms with Crippen molar-refractivity contribution in [3.63, 3.8) is 0 Å². The van der Waals surface area contributed by atoms with Gasteiger partial charge in [-0.05, 0) is 25.7 Å². The molecule has 0 bridgehead atoms. The molecule has 0 aromatic rings. The highest BCUT2D eigenvalue weighted by molar-refractivity contribution is 7.91. The Morgan fingerprint density at radius 1 is 0.520 bits per heavy atom. The van der Waals surface area contributed by atoms with Crippen LogP contribution < -0.4 is 0 Å². The van der Waals surface area contributed by atoms with Crippen LogP contribution in [0.15, 0.2) is 0 Å². The maximum absolute atomic E-state index is 12.6. The summed E-state index contributed by atoms with van der Waals surface area (Å²) in [5, 5.41) is 0. The first-order chi connectivity index (χ1) is 10.9. The van der Waals surface area contributed by atoms with Crippen molar-refractivity contribution in [1.82, 2.24) is 0 Å². The van der Waals surface area contributed by atoms with E-state index in [1.165, 1.54) is 0 Å². The Labute approximate surface area is 137 Å². The van der Waals surface area contributed by atoms with Crippen molar-refractivity contribution in [1.29, 1.82) is 0 Å². The summed E-state index contributed by atoms with van der Waals surface area (Å²) in [6, 6.07) is 0. The molecule has 0 N–H and O–H groups in total. The molecule has 0 aliphatic rings. The fourth-order valence-corrected chi connectivity index (χ4v) is 3.22. The molecule has 0 radical (unpaired) electrons. The first-order valence-electron chi connectivity index (χ1n) is 7.01. The number of alkyl halides is 10. The van der Waals surface area contributed by atoms with E-state index in [9.17, 15) is 52.3 Å². The summed E-state index contributed by atoms with van der Waals surface area (Å²) in [5.41, 5.74) is 0. The largest absolute Gasteiger partial charge is 0.453 e. The molecule has 0 heterocycles. The third-order valence-corrected chi connectivity index (χ3v) is 5.04.